The van der Waals surface area contributed by atoms with Crippen molar-refractivity contribution in [2.45, 2.75) is 0 Å². The Morgan fingerprint density at radius 3 is 2.72 bits per heavy atom. The van der Waals surface area contributed by atoms with Gasteiger partial charge in [-0.3, -0.25) is 0 Å². The summed E-state index contributed by atoms with van der Waals surface area (Å²) in [4.78, 5) is 14.0. The lowest BCUT2D eigenvalue weighted by molar-refractivity contribution is 0.545. The predicted molar refractivity (Wildman–Crippen MR) is 66.4 cm³/mol. The minimum Gasteiger partial charge on any atom is -0.340 e. The molecule has 7 heteroatoms. The van der Waals surface area contributed by atoms with Crippen LogP contribution in [0.4, 0.5) is 15.9 Å². The van der Waals surface area contributed by atoms with Gasteiger partial charge in [-0.2, -0.15) is 14.4 Å². The molecule has 0 aliphatic rings. The molecular weight excluding hydrogens is 257 g/mol. The lowest BCUT2D eigenvalue weighted by Gasteiger charge is -2.06. The van der Waals surface area contributed by atoms with Crippen molar-refractivity contribution in [1.29, 1.82) is 0 Å². The molecule has 0 fully saturated rings. The third-order valence-corrected chi connectivity index (χ3v) is 2.62. The van der Waals surface area contributed by atoms with Crippen LogP contribution in [0.3, 0.4) is 0 Å². The Labute approximate surface area is 106 Å². The molecule has 0 bridgehead atoms. The van der Waals surface area contributed by atoms with Gasteiger partial charge in [0, 0.05) is 10.7 Å². The van der Waals surface area contributed by atoms with E-state index in [0.29, 0.717) is 16.4 Å². The van der Waals surface area contributed by atoms with Gasteiger partial charge in [0.1, 0.15) is 5.52 Å². The maximum absolute atomic E-state index is 13.2. The molecule has 18 heavy (non-hydrogen) atoms. The summed E-state index contributed by atoms with van der Waals surface area (Å²) in [6.07, 6.45) is 0.609. The van der Waals surface area contributed by atoms with Crippen molar-refractivity contribution in [3.05, 3.63) is 41.7 Å². The molecular formula is C11H7ClFN5. The fourth-order valence-corrected chi connectivity index (χ4v) is 1.69. The molecule has 2 aromatic heterocycles. The summed E-state index contributed by atoms with van der Waals surface area (Å²) < 4.78 is 13.2. The number of aromatic nitrogens is 4. The van der Waals surface area contributed by atoms with E-state index >= 15 is 0 Å². The first kappa shape index (κ1) is 10.9. The molecule has 1 aromatic carbocycles. The number of hydrogen-bond acceptors (Lipinski definition) is 4. The van der Waals surface area contributed by atoms with Crippen LogP contribution in [-0.4, -0.2) is 19.9 Å². The van der Waals surface area contributed by atoms with E-state index in [1.807, 2.05) is 0 Å². The molecule has 2 heterocycles. The monoisotopic (exact) mass is 263 g/mol. The fraction of sp³-hybridized carbons (Fsp3) is 0. The standard InChI is InChI=1S/C11H7ClFN5/c12-6-1-3-7(4-2-6)16-10-8-9(15-5-14-8)17-11(13)18-10/h1-5H,(H2,14,15,16,17,18). The normalized spacial score (nSPS) is 10.8. The van der Waals surface area contributed by atoms with Gasteiger partial charge in [0.25, 0.3) is 0 Å². The van der Waals surface area contributed by atoms with Crippen molar-refractivity contribution in [1.82, 2.24) is 19.9 Å². The maximum atomic E-state index is 13.2. The number of rotatable bonds is 2. The number of aromatic amines is 1. The first-order valence-corrected chi connectivity index (χ1v) is 5.49. The topological polar surface area (TPSA) is 66.5 Å². The van der Waals surface area contributed by atoms with E-state index in [1.54, 1.807) is 24.3 Å². The Kier molecular flexibility index (Phi) is 2.56. The number of hydrogen-bond donors (Lipinski definition) is 2. The number of nitrogens with one attached hydrogen (secondary N) is 2. The van der Waals surface area contributed by atoms with E-state index in [0.717, 1.165) is 5.69 Å². The molecule has 0 amide bonds. The summed E-state index contributed by atoms with van der Waals surface area (Å²) >= 11 is 5.79. The van der Waals surface area contributed by atoms with E-state index in [-0.39, 0.29) is 5.65 Å². The minimum absolute atomic E-state index is 0.277. The van der Waals surface area contributed by atoms with Crippen LogP contribution >= 0.6 is 11.6 Å². The molecule has 0 spiro atoms. The highest BCUT2D eigenvalue weighted by Gasteiger charge is 2.09. The van der Waals surface area contributed by atoms with Crippen LogP contribution in [0.5, 0.6) is 0 Å². The van der Waals surface area contributed by atoms with Gasteiger partial charge in [0.05, 0.1) is 6.33 Å². The Hall–Kier alpha value is -2.21. The molecule has 0 aliphatic carbocycles. The zero-order valence-corrected chi connectivity index (χ0v) is 9.74. The molecule has 90 valence electrons. The molecule has 0 saturated carbocycles. The average molecular weight is 264 g/mol. The Bertz CT molecular complexity index is 694. The van der Waals surface area contributed by atoms with Gasteiger partial charge in [0.2, 0.25) is 0 Å². The van der Waals surface area contributed by atoms with E-state index in [9.17, 15) is 4.39 Å². The van der Waals surface area contributed by atoms with Crippen LogP contribution < -0.4 is 5.32 Å². The summed E-state index contributed by atoms with van der Waals surface area (Å²) in [7, 11) is 0. The third kappa shape index (κ3) is 1.98. The van der Waals surface area contributed by atoms with Crippen molar-refractivity contribution in [2.75, 3.05) is 5.32 Å². The van der Waals surface area contributed by atoms with Gasteiger partial charge in [-0.05, 0) is 24.3 Å². The van der Waals surface area contributed by atoms with E-state index in [2.05, 4.69) is 25.3 Å². The highest BCUT2D eigenvalue weighted by Crippen LogP contribution is 2.22. The average Bonchev–Trinajstić information content (AvgIpc) is 2.80. The van der Waals surface area contributed by atoms with Crippen LogP contribution in [0.2, 0.25) is 5.02 Å². The first-order chi connectivity index (χ1) is 8.72. The van der Waals surface area contributed by atoms with Gasteiger partial charge in [0.15, 0.2) is 11.5 Å². The zero-order chi connectivity index (χ0) is 12.5. The highest BCUT2D eigenvalue weighted by atomic mass is 35.5. The van der Waals surface area contributed by atoms with Gasteiger partial charge in [-0.1, -0.05) is 11.6 Å². The van der Waals surface area contributed by atoms with Gasteiger partial charge < -0.3 is 10.3 Å². The number of imidazole rings is 1. The molecule has 3 rings (SSSR count). The van der Waals surface area contributed by atoms with Crippen LogP contribution in [0.25, 0.3) is 11.2 Å². The number of anilines is 2. The minimum atomic E-state index is -0.828. The second-order valence-corrected chi connectivity index (χ2v) is 4.01. The molecule has 0 radical (unpaired) electrons. The van der Waals surface area contributed by atoms with Crippen molar-refractivity contribution in [2.24, 2.45) is 0 Å². The molecule has 0 atom stereocenters. The van der Waals surface area contributed by atoms with Crippen molar-refractivity contribution >= 4 is 34.3 Å². The second kappa shape index (κ2) is 4.23. The van der Waals surface area contributed by atoms with Crippen LogP contribution in [0, 0.1) is 6.08 Å². The molecule has 5 nitrogen and oxygen atoms in total. The molecule has 0 unspecified atom stereocenters. The lowest BCUT2D eigenvalue weighted by Crippen LogP contribution is -1.99. The van der Waals surface area contributed by atoms with Crippen molar-refractivity contribution in [3.63, 3.8) is 0 Å². The van der Waals surface area contributed by atoms with Gasteiger partial charge in [-0.25, -0.2) is 4.98 Å². The summed E-state index contributed by atoms with van der Waals surface area (Å²) in [5.41, 5.74) is 1.57. The summed E-state index contributed by atoms with van der Waals surface area (Å²) in [6.45, 7) is 0. The molecule has 2 N–H and O–H groups in total. The van der Waals surface area contributed by atoms with E-state index in [4.69, 9.17) is 11.6 Å². The summed E-state index contributed by atoms with van der Waals surface area (Å²) in [5, 5.41) is 3.61. The first-order valence-electron chi connectivity index (χ1n) is 5.11. The molecule has 0 saturated heterocycles. The predicted octanol–water partition coefficient (Wildman–Crippen LogP) is 2.89. The van der Waals surface area contributed by atoms with Crippen molar-refractivity contribution < 1.29 is 4.39 Å². The zero-order valence-electron chi connectivity index (χ0n) is 8.98. The maximum Gasteiger partial charge on any atom is 0.312 e. The summed E-state index contributed by atoms with van der Waals surface area (Å²) in [5.74, 6) is 0.331. The SMILES string of the molecule is Fc1nc(Nc2ccc(Cl)cc2)c2[nH]cnc2n1. The molecule has 3 aromatic rings. The van der Waals surface area contributed by atoms with E-state index < -0.39 is 6.08 Å². The van der Waals surface area contributed by atoms with Crippen molar-refractivity contribution in [3.8, 4) is 0 Å². The number of nitrogens with zero attached hydrogens (tertiary/aromatic N) is 3. The van der Waals surface area contributed by atoms with Crippen LogP contribution in [0.1, 0.15) is 0 Å². The fourth-order valence-electron chi connectivity index (χ4n) is 1.57. The largest absolute Gasteiger partial charge is 0.340 e. The van der Waals surface area contributed by atoms with Gasteiger partial charge in [-0.15, -0.1) is 0 Å². The molecule has 0 aliphatic heterocycles. The summed E-state index contributed by atoms with van der Waals surface area (Å²) in [6, 6.07) is 6.99. The third-order valence-electron chi connectivity index (χ3n) is 2.37. The number of benzene rings is 1. The Morgan fingerprint density at radius 2 is 1.94 bits per heavy atom. The number of halogens is 2. The van der Waals surface area contributed by atoms with E-state index in [1.165, 1.54) is 6.33 Å². The Morgan fingerprint density at radius 1 is 1.17 bits per heavy atom. The van der Waals surface area contributed by atoms with Crippen LogP contribution in [-0.2, 0) is 0 Å². The number of H-pyrrole nitrogens is 1. The van der Waals surface area contributed by atoms with Gasteiger partial charge >= 0.3 is 6.08 Å². The highest BCUT2D eigenvalue weighted by molar-refractivity contribution is 6.30. The van der Waals surface area contributed by atoms with Crippen LogP contribution in [0.15, 0.2) is 30.6 Å². The Balaban J connectivity index is 2.03. The smallest absolute Gasteiger partial charge is 0.312 e. The lowest BCUT2D eigenvalue weighted by atomic mass is 10.3. The quantitative estimate of drug-likeness (QED) is 0.698. The second-order valence-electron chi connectivity index (χ2n) is 3.57. The number of fused-ring (bicyclic) bond motifs is 1.